The number of hydrogen-bond donors (Lipinski definition) is 0. The quantitative estimate of drug-likeness (QED) is 0.174. The smallest absolute Gasteiger partial charge is 0.0484 e. The normalized spacial score (nSPS) is 9.62. The van der Waals surface area contributed by atoms with Crippen LogP contribution in [0.2, 0.25) is 0 Å². The molecule has 0 saturated heterocycles. The van der Waals surface area contributed by atoms with Crippen LogP contribution < -0.4 is 0 Å². The van der Waals surface area contributed by atoms with Gasteiger partial charge in [-0.3, -0.25) is 0 Å². The van der Waals surface area contributed by atoms with Crippen molar-refractivity contribution in [2.45, 2.75) is 0 Å². The van der Waals surface area contributed by atoms with Crippen LogP contribution >= 0.6 is 0 Å². The summed E-state index contributed by atoms with van der Waals surface area (Å²) < 4.78 is 0. The van der Waals surface area contributed by atoms with Gasteiger partial charge >= 0.3 is 0 Å². The zero-order chi connectivity index (χ0) is 28.4. The maximum absolute atomic E-state index is 3.45. The van der Waals surface area contributed by atoms with Crippen LogP contribution in [-0.2, 0) is 0 Å². The molecule has 0 aliphatic carbocycles. The fourth-order valence-corrected chi connectivity index (χ4v) is 4.46. The largest absolute Gasteiger partial charge is 0.0622 e. The number of hydrogen-bond acceptors (Lipinski definition) is 0. The molecule has 0 bridgehead atoms. The summed E-state index contributed by atoms with van der Waals surface area (Å²) in [5.74, 6) is 26.9. The predicted octanol–water partition coefficient (Wildman–Crippen LogP) is 8.44. The van der Waals surface area contributed by atoms with E-state index in [-0.39, 0.29) is 0 Å². The first-order valence-electron chi connectivity index (χ1n) is 13.7. The Hall–Kier alpha value is -6.18. The number of rotatable bonds is 0. The Kier molecular flexibility index (Phi) is 7.93. The molecular weight excluding hydrogens is 504 g/mol. The Morgan fingerprint density at radius 1 is 0.286 bits per heavy atom. The molecule has 0 N–H and O–H groups in total. The fourth-order valence-electron chi connectivity index (χ4n) is 4.46. The molecule has 0 radical (unpaired) electrons. The summed E-state index contributed by atoms with van der Waals surface area (Å²) in [6.45, 7) is 0. The average molecular weight is 529 g/mol. The molecule has 0 aliphatic heterocycles. The van der Waals surface area contributed by atoms with Gasteiger partial charge in [0.15, 0.2) is 0 Å². The topological polar surface area (TPSA) is 0 Å². The van der Waals surface area contributed by atoms with E-state index in [1.165, 1.54) is 0 Å². The van der Waals surface area contributed by atoms with Gasteiger partial charge in [-0.25, -0.2) is 0 Å². The maximum Gasteiger partial charge on any atom is 0.0484 e. The standard InChI is InChI=1S/C42H24/c1-5-13-33(14-6-1)21-25-37-28-29-40-31-38(26-22-34-15-7-2-8-16-34)39(27-23-35-17-9-3-10-18-35)32-42(40)41(37)30-24-36-19-11-4-12-20-36/h1-20,28-29,31-32H. The van der Waals surface area contributed by atoms with Crippen LogP contribution in [0.5, 0.6) is 0 Å². The average Bonchev–Trinajstić information content (AvgIpc) is 3.06. The lowest BCUT2D eigenvalue weighted by atomic mass is 9.94. The summed E-state index contributed by atoms with van der Waals surface area (Å²) in [7, 11) is 0. The molecule has 0 amide bonds. The highest BCUT2D eigenvalue weighted by atomic mass is 14.1. The molecule has 0 aliphatic rings. The van der Waals surface area contributed by atoms with Crippen molar-refractivity contribution in [1.29, 1.82) is 0 Å². The minimum Gasteiger partial charge on any atom is -0.0622 e. The second-order valence-electron chi connectivity index (χ2n) is 9.57. The van der Waals surface area contributed by atoms with Gasteiger partial charge in [-0.15, -0.1) is 0 Å². The summed E-state index contributed by atoms with van der Waals surface area (Å²) >= 11 is 0. The van der Waals surface area contributed by atoms with Crippen LogP contribution in [0, 0.1) is 47.4 Å². The van der Waals surface area contributed by atoms with Crippen molar-refractivity contribution < 1.29 is 0 Å². The summed E-state index contributed by atoms with van der Waals surface area (Å²) in [4.78, 5) is 0. The Morgan fingerprint density at radius 2 is 0.667 bits per heavy atom. The molecule has 0 atom stereocenters. The van der Waals surface area contributed by atoms with E-state index >= 15 is 0 Å². The highest BCUT2D eigenvalue weighted by Crippen LogP contribution is 2.26. The van der Waals surface area contributed by atoms with E-state index in [2.05, 4.69) is 71.6 Å². The molecule has 0 unspecified atom stereocenters. The molecular formula is C42H24. The summed E-state index contributed by atoms with van der Waals surface area (Å²) in [6.07, 6.45) is 0. The molecule has 192 valence electrons. The highest BCUT2D eigenvalue weighted by molar-refractivity contribution is 5.93. The zero-order valence-corrected chi connectivity index (χ0v) is 22.9. The van der Waals surface area contributed by atoms with Crippen LogP contribution in [0.15, 0.2) is 146 Å². The van der Waals surface area contributed by atoms with Crippen LogP contribution in [-0.4, -0.2) is 0 Å². The lowest BCUT2D eigenvalue weighted by Crippen LogP contribution is -1.92. The van der Waals surface area contributed by atoms with Crippen LogP contribution in [0.1, 0.15) is 44.5 Å². The summed E-state index contributed by atoms with van der Waals surface area (Å²) in [5.41, 5.74) is 7.30. The van der Waals surface area contributed by atoms with Gasteiger partial charge in [-0.05, 0) is 77.5 Å². The molecule has 42 heavy (non-hydrogen) atoms. The second kappa shape index (κ2) is 12.8. The van der Waals surface area contributed by atoms with E-state index in [9.17, 15) is 0 Å². The van der Waals surface area contributed by atoms with E-state index in [0.717, 1.165) is 55.3 Å². The minimum atomic E-state index is 0.853. The maximum atomic E-state index is 3.45. The van der Waals surface area contributed by atoms with Crippen LogP contribution in [0.25, 0.3) is 10.8 Å². The van der Waals surface area contributed by atoms with E-state index < -0.39 is 0 Å². The van der Waals surface area contributed by atoms with Gasteiger partial charge in [0.05, 0.1) is 0 Å². The Balaban J connectivity index is 1.56. The lowest BCUT2D eigenvalue weighted by molar-refractivity contribution is 1.58. The van der Waals surface area contributed by atoms with Crippen molar-refractivity contribution in [3.05, 3.63) is 190 Å². The van der Waals surface area contributed by atoms with E-state index in [0.29, 0.717) is 0 Å². The van der Waals surface area contributed by atoms with Gasteiger partial charge in [0.2, 0.25) is 0 Å². The Bertz CT molecular complexity index is 2050. The molecule has 6 aromatic rings. The van der Waals surface area contributed by atoms with Crippen molar-refractivity contribution in [2.24, 2.45) is 0 Å². The van der Waals surface area contributed by atoms with Crippen LogP contribution in [0.3, 0.4) is 0 Å². The molecule has 6 aromatic carbocycles. The molecule has 0 heteroatoms. The number of benzene rings is 6. The predicted molar refractivity (Wildman–Crippen MR) is 174 cm³/mol. The molecule has 0 aromatic heterocycles. The van der Waals surface area contributed by atoms with Crippen molar-refractivity contribution in [1.82, 2.24) is 0 Å². The Morgan fingerprint density at radius 3 is 1.12 bits per heavy atom. The summed E-state index contributed by atoms with van der Waals surface area (Å²) in [5, 5.41) is 2.04. The van der Waals surface area contributed by atoms with Crippen molar-refractivity contribution in [2.75, 3.05) is 0 Å². The lowest BCUT2D eigenvalue weighted by Gasteiger charge is -2.08. The SMILES string of the molecule is C(#Cc1cc2ccc(C#Cc3ccccc3)c(C#Cc3ccccc3)c2cc1C#Cc1ccccc1)c1ccccc1. The zero-order valence-electron chi connectivity index (χ0n) is 22.9. The van der Waals surface area contributed by atoms with E-state index in [1.807, 2.05) is 121 Å². The monoisotopic (exact) mass is 528 g/mol. The van der Waals surface area contributed by atoms with Gasteiger partial charge in [0.1, 0.15) is 0 Å². The van der Waals surface area contributed by atoms with E-state index in [4.69, 9.17) is 0 Å². The third-order valence-electron chi connectivity index (χ3n) is 6.61. The Labute approximate surface area is 247 Å². The van der Waals surface area contributed by atoms with Crippen molar-refractivity contribution in [3.8, 4) is 47.4 Å². The first kappa shape index (κ1) is 26.1. The van der Waals surface area contributed by atoms with Crippen molar-refractivity contribution in [3.63, 3.8) is 0 Å². The molecule has 0 spiro atoms. The highest BCUT2D eigenvalue weighted by Gasteiger charge is 2.09. The first-order valence-corrected chi connectivity index (χ1v) is 13.7. The van der Waals surface area contributed by atoms with Gasteiger partial charge in [0.25, 0.3) is 0 Å². The third-order valence-corrected chi connectivity index (χ3v) is 6.61. The van der Waals surface area contributed by atoms with Gasteiger partial charge in [-0.2, -0.15) is 0 Å². The molecule has 0 saturated carbocycles. The number of fused-ring (bicyclic) bond motifs is 1. The molecule has 0 fully saturated rings. The third kappa shape index (κ3) is 6.51. The van der Waals surface area contributed by atoms with Crippen LogP contribution in [0.4, 0.5) is 0 Å². The van der Waals surface area contributed by atoms with E-state index in [1.54, 1.807) is 0 Å². The van der Waals surface area contributed by atoms with Gasteiger partial charge < -0.3 is 0 Å². The molecule has 0 nitrogen and oxygen atoms in total. The molecule has 0 heterocycles. The minimum absolute atomic E-state index is 0.853. The first-order chi connectivity index (χ1) is 20.8. The second-order valence-corrected chi connectivity index (χ2v) is 9.57. The van der Waals surface area contributed by atoms with Gasteiger partial charge in [0, 0.05) is 44.5 Å². The summed E-state index contributed by atoms with van der Waals surface area (Å²) in [6, 6.07) is 48.4. The fraction of sp³-hybridized carbons (Fsp3) is 0. The van der Waals surface area contributed by atoms with Crippen molar-refractivity contribution >= 4 is 10.8 Å². The van der Waals surface area contributed by atoms with Gasteiger partial charge in [-0.1, -0.05) is 126 Å². The molecule has 6 rings (SSSR count).